The van der Waals surface area contributed by atoms with Crippen LogP contribution in [0.15, 0.2) is 36.0 Å². The molecule has 9 heavy (non-hydrogen) atoms. The van der Waals surface area contributed by atoms with E-state index in [2.05, 4.69) is 0 Å². The van der Waals surface area contributed by atoms with Crippen molar-refractivity contribution in [2.75, 3.05) is 0 Å². The van der Waals surface area contributed by atoms with Gasteiger partial charge in [-0.2, -0.15) is 0 Å². The van der Waals surface area contributed by atoms with Crippen molar-refractivity contribution in [3.63, 3.8) is 0 Å². The van der Waals surface area contributed by atoms with E-state index in [-0.39, 0.29) is 0 Å². The SMILES string of the molecule is FC1=CCC=CC(F)=C1. The fraction of sp³-hybridized carbons (Fsp3) is 0.143. The van der Waals surface area contributed by atoms with Gasteiger partial charge in [-0.1, -0.05) is 6.08 Å². The van der Waals surface area contributed by atoms with Crippen molar-refractivity contribution in [3.05, 3.63) is 36.0 Å². The van der Waals surface area contributed by atoms with E-state index < -0.39 is 11.7 Å². The van der Waals surface area contributed by atoms with Gasteiger partial charge in [0, 0.05) is 6.08 Å². The maximum Gasteiger partial charge on any atom is 0.125 e. The Morgan fingerprint density at radius 2 is 2.00 bits per heavy atom. The van der Waals surface area contributed by atoms with Gasteiger partial charge in [0.25, 0.3) is 0 Å². The maximum atomic E-state index is 12.2. The Balaban J connectivity index is 2.82. The van der Waals surface area contributed by atoms with E-state index in [1.807, 2.05) is 0 Å². The molecule has 2 heteroatoms. The lowest BCUT2D eigenvalue weighted by molar-refractivity contribution is 0.632. The van der Waals surface area contributed by atoms with Crippen LogP contribution in [0, 0.1) is 0 Å². The lowest BCUT2D eigenvalue weighted by atomic mass is 10.4. The average molecular weight is 128 g/mol. The quantitative estimate of drug-likeness (QED) is 0.470. The molecule has 0 atom stereocenters. The number of hydrogen-bond donors (Lipinski definition) is 0. The van der Waals surface area contributed by atoms with Crippen LogP contribution in [0.4, 0.5) is 8.78 Å². The molecule has 0 amide bonds. The normalized spacial score (nSPS) is 18.4. The molecule has 0 aromatic rings. The number of hydrogen-bond acceptors (Lipinski definition) is 0. The Labute approximate surface area is 52.2 Å². The first-order chi connectivity index (χ1) is 4.29. The fourth-order valence-corrected chi connectivity index (χ4v) is 0.600. The van der Waals surface area contributed by atoms with Crippen molar-refractivity contribution < 1.29 is 8.78 Å². The minimum atomic E-state index is -0.527. The lowest BCUT2D eigenvalue weighted by Crippen LogP contribution is -1.63. The van der Waals surface area contributed by atoms with E-state index in [1.165, 1.54) is 12.2 Å². The summed E-state index contributed by atoms with van der Waals surface area (Å²) >= 11 is 0. The predicted octanol–water partition coefficient (Wildman–Crippen LogP) is 2.65. The molecular formula is C7H6F2. The molecule has 0 unspecified atom stereocenters. The highest BCUT2D eigenvalue weighted by molar-refractivity contribution is 5.25. The molecule has 0 heterocycles. The Morgan fingerprint density at radius 1 is 1.22 bits per heavy atom. The van der Waals surface area contributed by atoms with E-state index in [0.29, 0.717) is 6.42 Å². The van der Waals surface area contributed by atoms with Crippen LogP contribution in [-0.2, 0) is 0 Å². The number of halogens is 2. The highest BCUT2D eigenvalue weighted by atomic mass is 19.1. The molecule has 48 valence electrons. The predicted molar refractivity (Wildman–Crippen MR) is 32.1 cm³/mol. The third kappa shape index (κ3) is 1.80. The summed E-state index contributed by atoms with van der Waals surface area (Å²) in [5.74, 6) is -1.03. The zero-order valence-corrected chi connectivity index (χ0v) is 4.77. The van der Waals surface area contributed by atoms with E-state index in [0.717, 1.165) is 6.08 Å². The van der Waals surface area contributed by atoms with E-state index in [4.69, 9.17) is 0 Å². The fourth-order valence-electron chi connectivity index (χ4n) is 0.600. The molecule has 0 radical (unpaired) electrons. The minimum absolute atomic E-state index is 0.468. The largest absolute Gasteiger partial charge is 0.207 e. The molecule has 1 aliphatic rings. The maximum absolute atomic E-state index is 12.2. The zero-order chi connectivity index (χ0) is 6.69. The van der Waals surface area contributed by atoms with Gasteiger partial charge in [-0.05, 0) is 18.6 Å². The van der Waals surface area contributed by atoms with Gasteiger partial charge in [-0.25, -0.2) is 8.78 Å². The molecule has 0 aromatic heterocycles. The summed E-state index contributed by atoms with van der Waals surface area (Å²) in [5, 5.41) is 0. The molecule has 0 aromatic carbocycles. The Morgan fingerprint density at radius 3 is 2.78 bits per heavy atom. The number of allylic oxidation sites excluding steroid dienone is 6. The summed E-state index contributed by atoms with van der Waals surface area (Å²) in [7, 11) is 0. The van der Waals surface area contributed by atoms with Crippen molar-refractivity contribution in [2.45, 2.75) is 6.42 Å². The Hall–Kier alpha value is -0.920. The van der Waals surface area contributed by atoms with Gasteiger partial charge in [-0.3, -0.25) is 0 Å². The topological polar surface area (TPSA) is 0 Å². The molecular weight excluding hydrogens is 122 g/mol. The van der Waals surface area contributed by atoms with Crippen molar-refractivity contribution in [1.82, 2.24) is 0 Å². The monoisotopic (exact) mass is 128 g/mol. The molecule has 0 nitrogen and oxygen atoms in total. The molecule has 0 saturated heterocycles. The van der Waals surface area contributed by atoms with Gasteiger partial charge in [-0.15, -0.1) is 0 Å². The molecule has 0 spiro atoms. The molecule has 0 fully saturated rings. The minimum Gasteiger partial charge on any atom is -0.207 e. The van der Waals surface area contributed by atoms with Crippen molar-refractivity contribution in [3.8, 4) is 0 Å². The van der Waals surface area contributed by atoms with Gasteiger partial charge in [0.2, 0.25) is 0 Å². The smallest absolute Gasteiger partial charge is 0.125 e. The van der Waals surface area contributed by atoms with Crippen LogP contribution in [0.25, 0.3) is 0 Å². The molecule has 1 aliphatic carbocycles. The molecule has 0 N–H and O–H groups in total. The highest BCUT2D eigenvalue weighted by Crippen LogP contribution is 2.11. The Kier molecular flexibility index (Phi) is 1.78. The van der Waals surface area contributed by atoms with Crippen LogP contribution in [0.3, 0.4) is 0 Å². The second-order valence-electron chi connectivity index (χ2n) is 1.76. The van der Waals surface area contributed by atoms with Gasteiger partial charge in [0.05, 0.1) is 0 Å². The third-order valence-electron chi connectivity index (χ3n) is 1.00. The van der Waals surface area contributed by atoms with Gasteiger partial charge < -0.3 is 0 Å². The summed E-state index contributed by atoms with van der Waals surface area (Å²) < 4.78 is 24.4. The first-order valence-electron chi connectivity index (χ1n) is 2.68. The highest BCUT2D eigenvalue weighted by Gasteiger charge is 1.94. The van der Waals surface area contributed by atoms with Crippen LogP contribution in [-0.4, -0.2) is 0 Å². The second-order valence-corrected chi connectivity index (χ2v) is 1.76. The van der Waals surface area contributed by atoms with Crippen molar-refractivity contribution in [2.24, 2.45) is 0 Å². The summed E-state index contributed by atoms with van der Waals surface area (Å²) in [6, 6.07) is 0. The molecule has 0 bridgehead atoms. The van der Waals surface area contributed by atoms with Crippen LogP contribution in [0.5, 0.6) is 0 Å². The van der Waals surface area contributed by atoms with Crippen LogP contribution in [0.2, 0.25) is 0 Å². The summed E-state index contributed by atoms with van der Waals surface area (Å²) in [4.78, 5) is 0. The number of rotatable bonds is 0. The molecule has 0 aliphatic heterocycles. The van der Waals surface area contributed by atoms with E-state index >= 15 is 0 Å². The van der Waals surface area contributed by atoms with Gasteiger partial charge >= 0.3 is 0 Å². The summed E-state index contributed by atoms with van der Waals surface area (Å²) in [6.45, 7) is 0. The van der Waals surface area contributed by atoms with Gasteiger partial charge in [0.15, 0.2) is 0 Å². The van der Waals surface area contributed by atoms with Crippen molar-refractivity contribution in [1.29, 1.82) is 0 Å². The van der Waals surface area contributed by atoms with Gasteiger partial charge in [0.1, 0.15) is 11.7 Å². The van der Waals surface area contributed by atoms with Crippen LogP contribution >= 0.6 is 0 Å². The summed E-state index contributed by atoms with van der Waals surface area (Å²) in [6.07, 6.45) is 5.48. The Bertz CT molecular complexity index is 187. The molecule has 0 saturated carbocycles. The molecule has 1 rings (SSSR count). The first kappa shape index (κ1) is 6.20. The average Bonchev–Trinajstić information content (AvgIpc) is 1.93. The zero-order valence-electron chi connectivity index (χ0n) is 4.77. The standard InChI is InChI=1S/C7H6F2/c8-6-3-1-2-4-7(9)5-6/h1,3-5H,2H2. The second kappa shape index (κ2) is 2.58. The van der Waals surface area contributed by atoms with Crippen LogP contribution < -0.4 is 0 Å². The van der Waals surface area contributed by atoms with E-state index in [9.17, 15) is 8.78 Å². The third-order valence-corrected chi connectivity index (χ3v) is 1.00. The van der Waals surface area contributed by atoms with E-state index in [1.54, 1.807) is 6.08 Å². The van der Waals surface area contributed by atoms with Crippen molar-refractivity contribution >= 4 is 0 Å². The summed E-state index contributed by atoms with van der Waals surface area (Å²) in [5.41, 5.74) is 0. The lowest BCUT2D eigenvalue weighted by Gasteiger charge is -1.80. The van der Waals surface area contributed by atoms with Crippen LogP contribution in [0.1, 0.15) is 6.42 Å². The first-order valence-corrected chi connectivity index (χ1v) is 2.68.